The number of benzene rings is 1. The standard InChI is InChI=1S/C25H29N5O2S/c1-15-21-17(14-19(16-10-11-16)26-22(21)30(28-15)25(2,3)4)23(31)29(12-13-32-5)24-27-18-8-6-7-9-20(18)33-24/h6-9,14,16H,10-13H2,1-5H3. The molecule has 1 aromatic carbocycles. The molecule has 3 heterocycles. The van der Waals surface area contributed by atoms with Crippen LogP contribution in [0.2, 0.25) is 0 Å². The number of rotatable bonds is 6. The average Bonchev–Trinajstić information content (AvgIpc) is 3.45. The largest absolute Gasteiger partial charge is 0.383 e. The van der Waals surface area contributed by atoms with Crippen LogP contribution >= 0.6 is 11.3 Å². The molecule has 0 bridgehead atoms. The number of aromatic nitrogens is 4. The number of thiazole rings is 1. The highest BCUT2D eigenvalue weighted by Gasteiger charge is 2.32. The molecule has 1 aliphatic rings. The molecule has 5 rings (SSSR count). The van der Waals surface area contributed by atoms with Crippen LogP contribution in [0, 0.1) is 6.92 Å². The van der Waals surface area contributed by atoms with Crippen molar-refractivity contribution in [1.82, 2.24) is 19.7 Å². The third-order valence-electron chi connectivity index (χ3n) is 5.97. The van der Waals surface area contributed by atoms with Crippen LogP contribution in [-0.2, 0) is 10.3 Å². The van der Waals surface area contributed by atoms with Crippen LogP contribution < -0.4 is 4.90 Å². The minimum Gasteiger partial charge on any atom is -0.383 e. The first-order valence-corrected chi connectivity index (χ1v) is 12.2. The Hall–Kier alpha value is -2.84. The van der Waals surface area contributed by atoms with E-state index in [0.717, 1.165) is 45.5 Å². The first kappa shape index (κ1) is 22.0. The van der Waals surface area contributed by atoms with Gasteiger partial charge in [-0.3, -0.25) is 9.69 Å². The molecule has 0 atom stereocenters. The number of methoxy groups -OCH3 is 1. The van der Waals surface area contributed by atoms with E-state index in [1.807, 2.05) is 41.9 Å². The molecule has 0 N–H and O–H groups in total. The summed E-state index contributed by atoms with van der Waals surface area (Å²) >= 11 is 1.52. The molecule has 0 aliphatic heterocycles. The molecule has 4 aromatic rings. The number of carbonyl (C=O) groups excluding carboxylic acids is 1. The van der Waals surface area contributed by atoms with Crippen LogP contribution in [0.25, 0.3) is 21.3 Å². The number of para-hydroxylation sites is 1. The molecular weight excluding hydrogens is 434 g/mol. The SMILES string of the molecule is COCCN(C(=O)c1cc(C2CC2)nc2c1c(C)nn2C(C)(C)C)c1nc2ccccc2s1. The molecule has 0 saturated heterocycles. The lowest BCUT2D eigenvalue weighted by molar-refractivity contribution is 0.0977. The van der Waals surface area contributed by atoms with E-state index in [4.69, 9.17) is 19.8 Å². The van der Waals surface area contributed by atoms with E-state index in [1.165, 1.54) is 11.3 Å². The maximum Gasteiger partial charge on any atom is 0.261 e. The quantitative estimate of drug-likeness (QED) is 0.389. The van der Waals surface area contributed by atoms with E-state index in [9.17, 15) is 4.79 Å². The third kappa shape index (κ3) is 4.02. The van der Waals surface area contributed by atoms with Crippen LogP contribution in [-0.4, -0.2) is 45.9 Å². The van der Waals surface area contributed by atoms with Crippen molar-refractivity contribution in [3.8, 4) is 0 Å². The van der Waals surface area contributed by atoms with E-state index in [2.05, 4.69) is 20.8 Å². The second-order valence-corrected chi connectivity index (χ2v) is 10.7. The molecule has 3 aromatic heterocycles. The van der Waals surface area contributed by atoms with Crippen molar-refractivity contribution in [2.75, 3.05) is 25.2 Å². The number of amides is 1. The molecule has 1 amide bonds. The van der Waals surface area contributed by atoms with Gasteiger partial charge in [0.05, 0.1) is 45.6 Å². The number of anilines is 1. The first-order valence-electron chi connectivity index (χ1n) is 11.3. The minimum atomic E-state index is -0.245. The molecular formula is C25H29N5O2S. The van der Waals surface area contributed by atoms with Gasteiger partial charge in [-0.05, 0) is 58.7 Å². The summed E-state index contributed by atoms with van der Waals surface area (Å²) < 4.78 is 8.35. The molecule has 1 aliphatic carbocycles. The minimum absolute atomic E-state index is 0.0861. The number of aryl methyl sites for hydroxylation is 1. The van der Waals surface area contributed by atoms with Crippen LogP contribution in [0.4, 0.5) is 5.13 Å². The Morgan fingerprint density at radius 2 is 2.00 bits per heavy atom. The molecule has 0 spiro atoms. The van der Waals surface area contributed by atoms with E-state index < -0.39 is 0 Å². The van der Waals surface area contributed by atoms with Gasteiger partial charge >= 0.3 is 0 Å². The van der Waals surface area contributed by atoms with Crippen molar-refractivity contribution in [2.45, 2.75) is 52.0 Å². The van der Waals surface area contributed by atoms with Gasteiger partial charge in [0.25, 0.3) is 5.91 Å². The summed E-state index contributed by atoms with van der Waals surface area (Å²) in [5, 5.41) is 6.30. The summed E-state index contributed by atoms with van der Waals surface area (Å²) in [5.41, 5.74) is 3.86. The fraction of sp³-hybridized carbons (Fsp3) is 0.440. The van der Waals surface area contributed by atoms with Gasteiger partial charge in [-0.2, -0.15) is 5.10 Å². The Kier molecular flexibility index (Phi) is 5.45. The van der Waals surface area contributed by atoms with Gasteiger partial charge < -0.3 is 4.74 Å². The van der Waals surface area contributed by atoms with E-state index in [-0.39, 0.29) is 11.4 Å². The summed E-state index contributed by atoms with van der Waals surface area (Å²) in [7, 11) is 1.65. The van der Waals surface area contributed by atoms with E-state index in [1.54, 1.807) is 12.0 Å². The predicted octanol–water partition coefficient (Wildman–Crippen LogP) is 5.28. The second kappa shape index (κ2) is 8.18. The van der Waals surface area contributed by atoms with Gasteiger partial charge in [-0.1, -0.05) is 23.5 Å². The maximum atomic E-state index is 14.1. The highest BCUT2D eigenvalue weighted by molar-refractivity contribution is 7.22. The Morgan fingerprint density at radius 3 is 2.67 bits per heavy atom. The molecule has 0 unspecified atom stereocenters. The van der Waals surface area contributed by atoms with Gasteiger partial charge in [0.1, 0.15) is 0 Å². The smallest absolute Gasteiger partial charge is 0.261 e. The van der Waals surface area contributed by atoms with Crippen LogP contribution in [0.15, 0.2) is 30.3 Å². The average molecular weight is 464 g/mol. The van der Waals surface area contributed by atoms with Crippen molar-refractivity contribution < 1.29 is 9.53 Å². The van der Waals surface area contributed by atoms with Crippen molar-refractivity contribution in [3.63, 3.8) is 0 Å². The zero-order chi connectivity index (χ0) is 23.3. The Bertz CT molecular complexity index is 1310. The number of hydrogen-bond acceptors (Lipinski definition) is 6. The van der Waals surface area contributed by atoms with Gasteiger partial charge in [-0.25, -0.2) is 14.6 Å². The zero-order valence-corrected chi connectivity index (χ0v) is 20.6. The van der Waals surface area contributed by atoms with Crippen LogP contribution in [0.1, 0.15) is 61.3 Å². The van der Waals surface area contributed by atoms with Crippen molar-refractivity contribution in [3.05, 3.63) is 47.3 Å². The lowest BCUT2D eigenvalue weighted by atomic mass is 10.1. The highest BCUT2D eigenvalue weighted by Crippen LogP contribution is 2.41. The molecule has 0 radical (unpaired) electrons. The number of fused-ring (bicyclic) bond motifs is 2. The van der Waals surface area contributed by atoms with E-state index >= 15 is 0 Å². The predicted molar refractivity (Wildman–Crippen MR) is 132 cm³/mol. The van der Waals surface area contributed by atoms with Gasteiger partial charge in [0.2, 0.25) is 0 Å². The van der Waals surface area contributed by atoms with Gasteiger partial charge in [0.15, 0.2) is 10.8 Å². The van der Waals surface area contributed by atoms with E-state index in [0.29, 0.717) is 29.8 Å². The Balaban J connectivity index is 1.68. The fourth-order valence-electron chi connectivity index (χ4n) is 4.12. The number of nitrogens with zero attached hydrogens (tertiary/aromatic N) is 5. The summed E-state index contributed by atoms with van der Waals surface area (Å²) in [6, 6.07) is 9.94. The maximum absolute atomic E-state index is 14.1. The normalized spacial score (nSPS) is 14.3. The Labute approximate surface area is 197 Å². The number of hydrogen-bond donors (Lipinski definition) is 0. The lowest BCUT2D eigenvalue weighted by Gasteiger charge is -2.22. The molecule has 1 saturated carbocycles. The molecule has 7 nitrogen and oxygen atoms in total. The van der Waals surface area contributed by atoms with Crippen molar-refractivity contribution in [1.29, 1.82) is 0 Å². The summed E-state index contributed by atoms with van der Waals surface area (Å²) in [5.74, 6) is 0.330. The lowest BCUT2D eigenvalue weighted by Crippen LogP contribution is -2.34. The number of pyridine rings is 1. The Morgan fingerprint density at radius 1 is 1.24 bits per heavy atom. The molecule has 1 fully saturated rings. The molecule has 8 heteroatoms. The number of ether oxygens (including phenoxy) is 1. The summed E-state index contributed by atoms with van der Waals surface area (Å²) in [6.07, 6.45) is 2.22. The van der Waals surface area contributed by atoms with Crippen LogP contribution in [0.5, 0.6) is 0 Å². The van der Waals surface area contributed by atoms with Crippen molar-refractivity contribution >= 4 is 43.6 Å². The van der Waals surface area contributed by atoms with Crippen molar-refractivity contribution in [2.24, 2.45) is 0 Å². The third-order valence-corrected chi connectivity index (χ3v) is 7.03. The molecule has 33 heavy (non-hydrogen) atoms. The van der Waals surface area contributed by atoms with Gasteiger partial charge in [-0.15, -0.1) is 0 Å². The zero-order valence-electron chi connectivity index (χ0n) is 19.8. The topological polar surface area (TPSA) is 73.1 Å². The fourth-order valence-corrected chi connectivity index (χ4v) is 5.11. The van der Waals surface area contributed by atoms with Crippen LogP contribution in [0.3, 0.4) is 0 Å². The number of carbonyl (C=O) groups is 1. The van der Waals surface area contributed by atoms with Gasteiger partial charge in [0, 0.05) is 18.7 Å². The molecule has 172 valence electrons. The summed E-state index contributed by atoms with van der Waals surface area (Å²) in [4.78, 5) is 25.6. The highest BCUT2D eigenvalue weighted by atomic mass is 32.1. The monoisotopic (exact) mass is 463 g/mol. The first-order chi connectivity index (χ1) is 15.8. The summed E-state index contributed by atoms with van der Waals surface area (Å²) in [6.45, 7) is 9.13. The second-order valence-electron chi connectivity index (χ2n) is 9.65.